The number of para-hydroxylation sites is 2. The number of hydrogen-bond acceptors (Lipinski definition) is 7. The molecule has 43 heavy (non-hydrogen) atoms. The highest BCUT2D eigenvalue weighted by Gasteiger charge is 2.28. The summed E-state index contributed by atoms with van der Waals surface area (Å²) in [5.74, 6) is 0.949. The molecule has 220 valence electrons. The lowest BCUT2D eigenvalue weighted by Gasteiger charge is -2.26. The number of anilines is 1. The number of ketones is 1. The molecule has 5 rings (SSSR count). The molecular formula is C34H35N5O3S. The number of rotatable bonds is 11. The van der Waals surface area contributed by atoms with Crippen molar-refractivity contribution < 1.29 is 14.3 Å². The summed E-state index contributed by atoms with van der Waals surface area (Å²) < 4.78 is 13.9. The van der Waals surface area contributed by atoms with Crippen LogP contribution in [-0.4, -0.2) is 47.4 Å². The van der Waals surface area contributed by atoms with Crippen molar-refractivity contribution in [2.75, 3.05) is 30.9 Å². The van der Waals surface area contributed by atoms with Crippen molar-refractivity contribution in [1.29, 1.82) is 10.7 Å². The van der Waals surface area contributed by atoms with E-state index in [2.05, 4.69) is 24.6 Å². The predicted molar refractivity (Wildman–Crippen MR) is 173 cm³/mol. The maximum atomic E-state index is 14.1. The van der Waals surface area contributed by atoms with Gasteiger partial charge in [0, 0.05) is 42.2 Å². The van der Waals surface area contributed by atoms with Crippen LogP contribution in [0.2, 0.25) is 0 Å². The molecule has 1 aliphatic rings. The summed E-state index contributed by atoms with van der Waals surface area (Å²) in [6.07, 6.45) is 4.67. The molecule has 8 nitrogen and oxygen atoms in total. The van der Waals surface area contributed by atoms with Crippen molar-refractivity contribution in [3.8, 4) is 17.6 Å². The highest BCUT2D eigenvalue weighted by atomic mass is 32.2. The number of carbonyl (C=O) groups excluding carboxylic acids is 1. The first-order valence-corrected chi connectivity index (χ1v) is 15.5. The van der Waals surface area contributed by atoms with Crippen LogP contribution in [0.4, 0.5) is 5.69 Å². The molecule has 0 fully saturated rings. The van der Waals surface area contributed by atoms with Gasteiger partial charge in [-0.05, 0) is 67.6 Å². The van der Waals surface area contributed by atoms with Crippen molar-refractivity contribution in [2.24, 2.45) is 0 Å². The van der Waals surface area contributed by atoms with Gasteiger partial charge in [-0.3, -0.25) is 10.2 Å². The van der Waals surface area contributed by atoms with E-state index >= 15 is 0 Å². The van der Waals surface area contributed by atoms with E-state index in [1.807, 2.05) is 71.0 Å². The van der Waals surface area contributed by atoms with Gasteiger partial charge in [0.1, 0.15) is 30.1 Å². The average molecular weight is 594 g/mol. The highest BCUT2D eigenvalue weighted by molar-refractivity contribution is 7.99. The largest absolute Gasteiger partial charge is 0.456 e. The van der Waals surface area contributed by atoms with E-state index in [0.717, 1.165) is 28.6 Å². The second-order valence-corrected chi connectivity index (χ2v) is 11.7. The number of benzene rings is 3. The fourth-order valence-corrected chi connectivity index (χ4v) is 5.39. The molecule has 0 bridgehead atoms. The van der Waals surface area contributed by atoms with E-state index < -0.39 is 0 Å². The second kappa shape index (κ2) is 13.6. The third-order valence-corrected chi connectivity index (χ3v) is 8.57. The third kappa shape index (κ3) is 6.61. The number of carbonyl (C=O) groups is 1. The summed E-state index contributed by atoms with van der Waals surface area (Å²) in [5, 5.41) is 23.2. The van der Waals surface area contributed by atoms with Gasteiger partial charge in [0.05, 0.1) is 22.3 Å². The van der Waals surface area contributed by atoms with Crippen molar-refractivity contribution in [3.63, 3.8) is 0 Å². The van der Waals surface area contributed by atoms with Crippen LogP contribution in [-0.2, 0) is 11.5 Å². The van der Waals surface area contributed by atoms with E-state index in [-0.39, 0.29) is 23.9 Å². The Morgan fingerprint density at radius 2 is 1.93 bits per heavy atom. The zero-order chi connectivity index (χ0) is 30.3. The van der Waals surface area contributed by atoms with Gasteiger partial charge in [-0.1, -0.05) is 37.3 Å². The quantitative estimate of drug-likeness (QED) is 0.144. The Bertz CT molecular complexity index is 1720. The van der Waals surface area contributed by atoms with E-state index in [1.54, 1.807) is 36.2 Å². The van der Waals surface area contributed by atoms with Gasteiger partial charge in [0.25, 0.3) is 0 Å². The van der Waals surface area contributed by atoms with Crippen molar-refractivity contribution >= 4 is 40.0 Å². The van der Waals surface area contributed by atoms with Crippen molar-refractivity contribution in [2.45, 2.75) is 32.2 Å². The smallest absolute Gasteiger partial charge is 0.214 e. The lowest BCUT2D eigenvalue weighted by Crippen LogP contribution is -2.36. The fourth-order valence-electron chi connectivity index (χ4n) is 5.06. The zero-order valence-corrected chi connectivity index (χ0v) is 25.4. The van der Waals surface area contributed by atoms with E-state index in [1.165, 1.54) is 0 Å². The van der Waals surface area contributed by atoms with Crippen LogP contribution in [0.15, 0.2) is 84.6 Å². The zero-order valence-electron chi connectivity index (χ0n) is 24.6. The SMILES string of the molecule is CSC(C)CCOCn1c(C(=O)C2=CNCCN(c3ccc(Oc4ccccc4C#N)cc3C)C2=N)cc2ccccc21. The molecule has 0 saturated carbocycles. The standard InChI is InChI=1S/C34H35N5O3S/c1-23-18-27(42-32-11-7-5-9-26(32)20-35)12-13-29(23)38-16-15-37-21-28(34(38)36)33(40)31-19-25-8-4-6-10-30(25)39(31)22-41-17-14-24(2)43-3/h4-13,18-19,21,24,36-37H,14-17,22H2,1-3H3. The second-order valence-electron chi connectivity index (χ2n) is 10.4. The monoisotopic (exact) mass is 593 g/mol. The number of fused-ring (bicyclic) bond motifs is 1. The highest BCUT2D eigenvalue weighted by Crippen LogP contribution is 2.31. The molecular weight excluding hydrogens is 558 g/mol. The van der Waals surface area contributed by atoms with Gasteiger partial charge >= 0.3 is 0 Å². The Morgan fingerprint density at radius 3 is 2.72 bits per heavy atom. The molecule has 2 heterocycles. The van der Waals surface area contributed by atoms with Gasteiger partial charge in [-0.15, -0.1) is 0 Å². The van der Waals surface area contributed by atoms with Crippen LogP contribution in [0, 0.1) is 23.7 Å². The van der Waals surface area contributed by atoms with Crippen molar-refractivity contribution in [1.82, 2.24) is 9.88 Å². The number of hydrogen-bond donors (Lipinski definition) is 2. The Balaban J connectivity index is 1.39. The minimum atomic E-state index is -0.243. The molecule has 0 aliphatic carbocycles. The maximum absolute atomic E-state index is 14.1. The fraction of sp³-hybridized carbons (Fsp3) is 0.265. The summed E-state index contributed by atoms with van der Waals surface area (Å²) in [5.41, 5.74) is 3.82. The lowest BCUT2D eigenvalue weighted by molar-refractivity contribution is 0.0746. The van der Waals surface area contributed by atoms with E-state index in [9.17, 15) is 15.5 Å². The lowest BCUT2D eigenvalue weighted by atomic mass is 10.1. The first-order valence-electron chi connectivity index (χ1n) is 14.2. The number of aryl methyl sites for hydroxylation is 1. The minimum Gasteiger partial charge on any atom is -0.456 e. The molecule has 2 N–H and O–H groups in total. The molecule has 0 amide bonds. The molecule has 0 spiro atoms. The van der Waals surface area contributed by atoms with E-state index in [4.69, 9.17) is 9.47 Å². The third-order valence-electron chi connectivity index (χ3n) is 7.52. The number of amidine groups is 1. The molecule has 0 saturated heterocycles. The summed E-state index contributed by atoms with van der Waals surface area (Å²) >= 11 is 1.80. The molecule has 9 heteroatoms. The van der Waals surface area contributed by atoms with Gasteiger partial charge in [-0.2, -0.15) is 17.0 Å². The van der Waals surface area contributed by atoms with Gasteiger partial charge in [0.2, 0.25) is 5.78 Å². The first kappa shape index (κ1) is 30.0. The predicted octanol–water partition coefficient (Wildman–Crippen LogP) is 6.88. The maximum Gasteiger partial charge on any atom is 0.214 e. The van der Waals surface area contributed by atoms with Crippen LogP contribution in [0.3, 0.4) is 0 Å². The number of thioether (sulfide) groups is 1. The molecule has 1 aromatic heterocycles. The van der Waals surface area contributed by atoms with Crippen LogP contribution in [0.5, 0.6) is 11.5 Å². The topological polar surface area (TPSA) is 103 Å². The van der Waals surface area contributed by atoms with Crippen molar-refractivity contribution in [3.05, 3.63) is 101 Å². The molecule has 1 unspecified atom stereocenters. The number of aromatic nitrogens is 1. The Morgan fingerprint density at radius 1 is 1.14 bits per heavy atom. The Labute approximate surface area is 256 Å². The van der Waals surface area contributed by atoms with Crippen LogP contribution >= 0.6 is 11.8 Å². The average Bonchev–Trinajstić information content (AvgIpc) is 3.28. The molecule has 4 aromatic rings. The molecule has 1 atom stereocenters. The van der Waals surface area contributed by atoms with Gasteiger partial charge < -0.3 is 24.3 Å². The number of nitriles is 1. The summed E-state index contributed by atoms with van der Waals surface area (Å²) in [6.45, 7) is 6.03. The normalized spacial score (nSPS) is 14.0. The summed E-state index contributed by atoms with van der Waals surface area (Å²) in [7, 11) is 0. The Kier molecular flexibility index (Phi) is 9.50. The summed E-state index contributed by atoms with van der Waals surface area (Å²) in [4.78, 5) is 16.0. The van der Waals surface area contributed by atoms with Gasteiger partial charge in [-0.25, -0.2) is 0 Å². The first-order chi connectivity index (χ1) is 20.9. The van der Waals surface area contributed by atoms with E-state index in [0.29, 0.717) is 47.7 Å². The number of Topliss-reactive ketones (excluding diaryl/α,β-unsaturated/α-hetero) is 1. The number of ether oxygens (including phenoxy) is 2. The molecule has 1 aliphatic heterocycles. The molecule has 3 aromatic carbocycles. The van der Waals surface area contributed by atoms with Crippen LogP contribution in [0.25, 0.3) is 10.9 Å². The minimum absolute atomic E-state index is 0.119. The number of nitrogens with zero attached hydrogens (tertiary/aromatic N) is 3. The Hall–Kier alpha value is -4.52. The molecule has 0 radical (unpaired) electrons. The van der Waals surface area contributed by atoms with Crippen LogP contribution < -0.4 is 15.0 Å². The summed E-state index contributed by atoms with van der Waals surface area (Å²) in [6, 6.07) is 24.6. The van der Waals surface area contributed by atoms with Gasteiger partial charge in [0.15, 0.2) is 0 Å². The van der Waals surface area contributed by atoms with Crippen LogP contribution in [0.1, 0.15) is 35.0 Å². The number of nitrogens with one attached hydrogen (secondary N) is 2.